The number of alkyl halides is 4. The van der Waals surface area contributed by atoms with Crippen molar-refractivity contribution in [1.29, 1.82) is 5.39 Å². The highest BCUT2D eigenvalue weighted by atomic mass is 35.5. The Morgan fingerprint density at radius 1 is 1.25 bits per heavy atom. The zero-order valence-electron chi connectivity index (χ0n) is 13.4. The molecule has 1 aromatic rings. The fraction of sp³-hybridized carbons (Fsp3) is 0.571. The Bertz CT molecular complexity index is 579. The van der Waals surface area contributed by atoms with Crippen LogP contribution >= 0.6 is 11.6 Å². The third-order valence-corrected chi connectivity index (χ3v) is 3.31. The molecule has 0 aliphatic rings. The van der Waals surface area contributed by atoms with Crippen LogP contribution in [0.3, 0.4) is 0 Å². The molecule has 0 aliphatic carbocycles. The van der Waals surface area contributed by atoms with E-state index in [1.54, 1.807) is 6.92 Å². The highest BCUT2D eigenvalue weighted by molar-refractivity contribution is 6.20. The van der Waals surface area contributed by atoms with Gasteiger partial charge in [0.05, 0.1) is 18.4 Å². The number of benzene rings is 1. The van der Waals surface area contributed by atoms with Gasteiger partial charge in [-0.05, 0) is 20.8 Å². The van der Waals surface area contributed by atoms with Gasteiger partial charge in [-0.15, -0.1) is 0 Å². The zero-order valence-corrected chi connectivity index (χ0v) is 14.9. The van der Waals surface area contributed by atoms with Crippen molar-refractivity contribution in [2.75, 3.05) is 24.6 Å². The molecule has 24 heavy (non-hydrogen) atoms. The van der Waals surface area contributed by atoms with Gasteiger partial charge < -0.3 is 26.8 Å². The lowest BCUT2D eigenvalue weighted by Gasteiger charge is -2.24. The second-order valence-corrected chi connectivity index (χ2v) is 4.84. The SMILES string of the molecule is CCOc1cc([N+]#N)c(OC(F)(F)C(F)Cl)cc1N(CC)CC.[Cl-]. The molecule has 0 bridgehead atoms. The predicted octanol–water partition coefficient (Wildman–Crippen LogP) is 1.93. The Morgan fingerprint density at radius 2 is 1.83 bits per heavy atom. The Hall–Kier alpha value is -1.59. The molecule has 1 atom stereocenters. The van der Waals surface area contributed by atoms with E-state index in [0.29, 0.717) is 31.1 Å². The number of hydrogen-bond acceptors (Lipinski definition) is 4. The fourth-order valence-corrected chi connectivity index (χ4v) is 2.02. The first-order valence-corrected chi connectivity index (χ1v) is 7.50. The molecule has 1 unspecified atom stereocenters. The second kappa shape index (κ2) is 9.64. The number of halogens is 5. The maximum absolute atomic E-state index is 13.4. The summed E-state index contributed by atoms with van der Waals surface area (Å²) in [5.41, 5.74) is -2.90. The average molecular weight is 388 g/mol. The van der Waals surface area contributed by atoms with Gasteiger partial charge in [0.2, 0.25) is 11.1 Å². The first kappa shape index (κ1) is 22.4. The van der Waals surface area contributed by atoms with Gasteiger partial charge in [0.25, 0.3) is 5.63 Å². The summed E-state index contributed by atoms with van der Waals surface area (Å²) in [6.45, 7) is 6.96. The van der Waals surface area contributed by atoms with Crippen molar-refractivity contribution >= 4 is 23.0 Å². The van der Waals surface area contributed by atoms with Crippen LogP contribution in [0.1, 0.15) is 20.8 Å². The summed E-state index contributed by atoms with van der Waals surface area (Å²) in [5, 5.41) is 8.99. The molecule has 1 rings (SSSR count). The minimum Gasteiger partial charge on any atom is -1.00 e. The first-order valence-electron chi connectivity index (χ1n) is 7.06. The Labute approximate surface area is 149 Å². The van der Waals surface area contributed by atoms with Crippen LogP contribution in [0.15, 0.2) is 12.1 Å². The molecule has 1 aromatic carbocycles. The summed E-state index contributed by atoms with van der Waals surface area (Å²) in [6.07, 6.45) is -4.27. The zero-order chi connectivity index (χ0) is 17.6. The van der Waals surface area contributed by atoms with Gasteiger partial charge in [0, 0.05) is 19.2 Å². The van der Waals surface area contributed by atoms with Crippen molar-refractivity contribution in [3.63, 3.8) is 0 Å². The number of anilines is 1. The molecule has 0 aliphatic heterocycles. The smallest absolute Gasteiger partial charge is 0.444 e. The average Bonchev–Trinajstić information content (AvgIpc) is 2.50. The molecule has 0 N–H and O–H groups in total. The summed E-state index contributed by atoms with van der Waals surface area (Å²) >= 11 is 4.78. The summed E-state index contributed by atoms with van der Waals surface area (Å²) in [4.78, 5) is 4.71. The van der Waals surface area contributed by atoms with Gasteiger partial charge in [-0.2, -0.15) is 8.78 Å². The predicted molar refractivity (Wildman–Crippen MR) is 82.2 cm³/mol. The second-order valence-electron chi connectivity index (χ2n) is 4.46. The van der Waals surface area contributed by atoms with E-state index in [-0.39, 0.29) is 18.1 Å². The summed E-state index contributed by atoms with van der Waals surface area (Å²) in [5.74, 6) is -0.173. The number of hydrogen-bond donors (Lipinski definition) is 0. The van der Waals surface area contributed by atoms with E-state index in [9.17, 15) is 13.2 Å². The van der Waals surface area contributed by atoms with E-state index >= 15 is 0 Å². The molecule has 10 heteroatoms. The molecule has 0 saturated heterocycles. The van der Waals surface area contributed by atoms with E-state index in [1.807, 2.05) is 18.7 Å². The molecule has 136 valence electrons. The van der Waals surface area contributed by atoms with Crippen LogP contribution in [0.2, 0.25) is 0 Å². The van der Waals surface area contributed by atoms with E-state index in [0.717, 1.165) is 0 Å². The maximum Gasteiger partial charge on any atom is 0.444 e. The summed E-state index contributed by atoms with van der Waals surface area (Å²) in [6, 6.07) is 2.45. The molecule has 5 nitrogen and oxygen atoms in total. The fourth-order valence-electron chi connectivity index (χ4n) is 1.97. The van der Waals surface area contributed by atoms with Crippen LogP contribution < -0.4 is 26.8 Å². The molecular weight excluding hydrogens is 370 g/mol. The Kier molecular flexibility index (Phi) is 9.01. The Balaban J connectivity index is 0.00000529. The quantitative estimate of drug-likeness (QED) is 0.505. The van der Waals surface area contributed by atoms with E-state index in [2.05, 4.69) is 9.71 Å². The van der Waals surface area contributed by atoms with Crippen LogP contribution in [0.4, 0.5) is 24.5 Å². The lowest BCUT2D eigenvalue weighted by molar-refractivity contribution is -0.198. The highest BCUT2D eigenvalue weighted by Crippen LogP contribution is 2.43. The number of rotatable bonds is 8. The van der Waals surface area contributed by atoms with Gasteiger partial charge in [0.15, 0.2) is 10.7 Å². The Morgan fingerprint density at radius 3 is 2.25 bits per heavy atom. The first-order chi connectivity index (χ1) is 10.8. The molecule has 0 heterocycles. The van der Waals surface area contributed by atoms with Crippen molar-refractivity contribution < 1.29 is 35.1 Å². The normalized spacial score (nSPS) is 11.9. The lowest BCUT2D eigenvalue weighted by atomic mass is 10.2. The van der Waals surface area contributed by atoms with Gasteiger partial charge >= 0.3 is 11.8 Å². The molecule has 0 spiro atoms. The molecule has 0 fully saturated rings. The van der Waals surface area contributed by atoms with Crippen LogP contribution in [-0.4, -0.2) is 31.4 Å². The van der Waals surface area contributed by atoms with Crippen molar-refractivity contribution in [2.45, 2.75) is 32.5 Å². The van der Waals surface area contributed by atoms with Crippen LogP contribution in [0.25, 0.3) is 4.98 Å². The largest absolute Gasteiger partial charge is 1.00 e. The third-order valence-electron chi connectivity index (χ3n) is 3.05. The third kappa shape index (κ3) is 5.21. The van der Waals surface area contributed by atoms with Crippen molar-refractivity contribution in [3.05, 3.63) is 17.1 Å². The van der Waals surface area contributed by atoms with Crippen LogP contribution in [-0.2, 0) is 0 Å². The van der Waals surface area contributed by atoms with Gasteiger partial charge in [0.1, 0.15) is 0 Å². The summed E-state index contributed by atoms with van der Waals surface area (Å²) < 4.78 is 49.3. The molecule has 0 aromatic heterocycles. The van der Waals surface area contributed by atoms with Gasteiger partial charge in [-0.3, -0.25) is 0 Å². The topological polar surface area (TPSA) is 49.9 Å². The monoisotopic (exact) mass is 387 g/mol. The minimum atomic E-state index is -4.27. The summed E-state index contributed by atoms with van der Waals surface area (Å²) in [7, 11) is 0. The number of diazo groups is 1. The van der Waals surface area contributed by atoms with E-state index < -0.39 is 17.5 Å². The van der Waals surface area contributed by atoms with E-state index in [4.69, 9.17) is 21.7 Å². The van der Waals surface area contributed by atoms with Crippen LogP contribution in [0.5, 0.6) is 11.5 Å². The number of nitrogens with zero attached hydrogens (tertiary/aromatic N) is 3. The number of ether oxygens (including phenoxy) is 2. The molecule has 0 radical (unpaired) electrons. The highest BCUT2D eigenvalue weighted by Gasteiger charge is 2.44. The van der Waals surface area contributed by atoms with Gasteiger partial charge in [-0.1, -0.05) is 11.6 Å². The minimum absolute atomic E-state index is 0. The van der Waals surface area contributed by atoms with Crippen molar-refractivity contribution in [3.8, 4) is 11.5 Å². The molecule has 0 amide bonds. The van der Waals surface area contributed by atoms with Crippen molar-refractivity contribution in [2.24, 2.45) is 0 Å². The van der Waals surface area contributed by atoms with E-state index in [1.165, 1.54) is 12.1 Å². The van der Waals surface area contributed by atoms with Crippen molar-refractivity contribution in [1.82, 2.24) is 0 Å². The molecule has 0 saturated carbocycles. The van der Waals surface area contributed by atoms with Gasteiger partial charge in [-0.25, -0.2) is 4.39 Å². The lowest BCUT2D eigenvalue weighted by Crippen LogP contribution is -3.00. The molecular formula is C14H18Cl2F3N3O2. The van der Waals surface area contributed by atoms with Crippen LogP contribution in [0, 0.1) is 5.39 Å². The standard InChI is InChI=1S/C14H18ClF3N3O2.ClH/c1-4-21(5-2)10-8-11(23-14(17,18)13(15)16)9(20-19)7-12(10)22-6-3;/h7-8,13H,4-6H2,1-3H3;1H/q+1;/p-1. The maximum atomic E-state index is 13.4.